The minimum atomic E-state index is 0.164. The minimum Gasteiger partial charge on any atom is -0.373 e. The molecule has 1 atom stereocenters. The lowest BCUT2D eigenvalue weighted by Gasteiger charge is -2.39. The van der Waals surface area contributed by atoms with E-state index in [-0.39, 0.29) is 5.60 Å². The van der Waals surface area contributed by atoms with Gasteiger partial charge in [-0.25, -0.2) is 0 Å². The molecule has 1 spiro atoms. The average molecular weight is 315 g/mol. The van der Waals surface area contributed by atoms with Gasteiger partial charge >= 0.3 is 0 Å². The topological polar surface area (TPSA) is 28.6 Å². The number of piperidine rings is 1. The summed E-state index contributed by atoms with van der Waals surface area (Å²) in [6.45, 7) is 5.68. The molecule has 3 heterocycles. The van der Waals surface area contributed by atoms with E-state index in [2.05, 4.69) is 34.0 Å². The molecule has 2 aliphatic heterocycles. The third-order valence-corrected chi connectivity index (χ3v) is 5.97. The van der Waals surface area contributed by atoms with Gasteiger partial charge in [0.15, 0.2) is 0 Å². The van der Waals surface area contributed by atoms with Gasteiger partial charge in [0.2, 0.25) is 0 Å². The van der Waals surface area contributed by atoms with E-state index in [1.807, 2.05) is 12.4 Å². The number of rotatable bonds is 5. The fraction of sp³-hybridized carbons (Fsp3) is 0.737. The number of likely N-dealkylation sites (tertiary alicyclic amines) is 1. The van der Waals surface area contributed by atoms with E-state index >= 15 is 0 Å². The molecule has 1 aliphatic carbocycles. The molecule has 3 fully saturated rings. The first kappa shape index (κ1) is 15.6. The summed E-state index contributed by atoms with van der Waals surface area (Å²) in [5, 5.41) is 0. The molecule has 4 rings (SSSR count). The maximum Gasteiger partial charge on any atom is 0.0723 e. The van der Waals surface area contributed by atoms with E-state index < -0.39 is 0 Å². The number of nitrogens with zero attached hydrogens (tertiary/aromatic N) is 3. The largest absolute Gasteiger partial charge is 0.373 e. The zero-order chi connectivity index (χ0) is 15.7. The van der Waals surface area contributed by atoms with Crippen molar-refractivity contribution in [2.24, 2.45) is 5.92 Å². The van der Waals surface area contributed by atoms with Crippen LogP contribution in [0.1, 0.15) is 37.7 Å². The molecule has 1 saturated carbocycles. The highest BCUT2D eigenvalue weighted by Gasteiger charge is 2.44. The highest BCUT2D eigenvalue weighted by Crippen LogP contribution is 2.39. The zero-order valence-corrected chi connectivity index (χ0v) is 14.3. The molecule has 0 bridgehead atoms. The van der Waals surface area contributed by atoms with Gasteiger partial charge in [-0.15, -0.1) is 0 Å². The summed E-state index contributed by atoms with van der Waals surface area (Å²) < 4.78 is 6.34. The Kier molecular flexibility index (Phi) is 4.39. The number of aromatic nitrogens is 1. The fourth-order valence-electron chi connectivity index (χ4n) is 4.17. The Balaban J connectivity index is 1.28. The van der Waals surface area contributed by atoms with Gasteiger partial charge in [-0.2, -0.15) is 0 Å². The first-order valence-corrected chi connectivity index (χ1v) is 9.18. The molecule has 23 heavy (non-hydrogen) atoms. The van der Waals surface area contributed by atoms with Crippen molar-refractivity contribution in [2.45, 2.75) is 50.3 Å². The summed E-state index contributed by atoms with van der Waals surface area (Å²) >= 11 is 0. The van der Waals surface area contributed by atoms with Crippen molar-refractivity contribution >= 4 is 0 Å². The van der Waals surface area contributed by atoms with Gasteiger partial charge in [-0.1, -0.05) is 0 Å². The van der Waals surface area contributed by atoms with Crippen molar-refractivity contribution < 1.29 is 4.74 Å². The van der Waals surface area contributed by atoms with Crippen LogP contribution in [-0.4, -0.2) is 59.7 Å². The Morgan fingerprint density at radius 1 is 1.26 bits per heavy atom. The van der Waals surface area contributed by atoms with Crippen LogP contribution >= 0.6 is 0 Å². The van der Waals surface area contributed by atoms with Crippen LogP contribution in [0.25, 0.3) is 0 Å². The van der Waals surface area contributed by atoms with Crippen molar-refractivity contribution in [1.29, 1.82) is 0 Å². The first-order chi connectivity index (χ1) is 11.2. The Hall–Kier alpha value is -0.970. The Morgan fingerprint density at radius 3 is 2.70 bits per heavy atom. The lowest BCUT2D eigenvalue weighted by Crippen LogP contribution is -2.45. The van der Waals surface area contributed by atoms with Crippen molar-refractivity contribution in [3.63, 3.8) is 0 Å². The van der Waals surface area contributed by atoms with Gasteiger partial charge < -0.3 is 9.64 Å². The molecule has 4 heteroatoms. The summed E-state index contributed by atoms with van der Waals surface area (Å²) in [6.07, 6.45) is 10.3. The van der Waals surface area contributed by atoms with Gasteiger partial charge in [0.1, 0.15) is 0 Å². The van der Waals surface area contributed by atoms with Gasteiger partial charge in [0.05, 0.1) is 12.2 Å². The molecule has 126 valence electrons. The Morgan fingerprint density at radius 2 is 2.00 bits per heavy atom. The van der Waals surface area contributed by atoms with Crippen LogP contribution in [0.4, 0.5) is 0 Å². The molecule has 1 unspecified atom stereocenters. The molecule has 3 aliphatic rings. The molecule has 4 nitrogen and oxygen atoms in total. The second-order valence-corrected chi connectivity index (χ2v) is 7.87. The molecule has 0 aromatic carbocycles. The molecule has 1 aromatic heterocycles. The van der Waals surface area contributed by atoms with E-state index in [1.54, 1.807) is 0 Å². The van der Waals surface area contributed by atoms with Crippen LogP contribution in [0.2, 0.25) is 0 Å². The maximum absolute atomic E-state index is 6.34. The van der Waals surface area contributed by atoms with Crippen LogP contribution in [-0.2, 0) is 11.3 Å². The van der Waals surface area contributed by atoms with Crippen LogP contribution in [0.15, 0.2) is 24.5 Å². The lowest BCUT2D eigenvalue weighted by atomic mass is 9.87. The first-order valence-electron chi connectivity index (χ1n) is 9.18. The number of hydrogen-bond acceptors (Lipinski definition) is 4. The molecule has 0 N–H and O–H groups in total. The molecule has 0 amide bonds. The summed E-state index contributed by atoms with van der Waals surface area (Å²) in [6, 6.07) is 4.77. The van der Waals surface area contributed by atoms with Crippen LogP contribution in [0.3, 0.4) is 0 Å². The van der Waals surface area contributed by atoms with E-state index in [0.29, 0.717) is 6.04 Å². The number of hydrogen-bond donors (Lipinski definition) is 0. The number of ether oxygens (including phenoxy) is 1. The number of pyridine rings is 1. The molecule has 2 saturated heterocycles. The van der Waals surface area contributed by atoms with Gasteiger partial charge in [0.25, 0.3) is 0 Å². The fourth-order valence-corrected chi connectivity index (χ4v) is 4.17. The summed E-state index contributed by atoms with van der Waals surface area (Å²) in [4.78, 5) is 9.23. The van der Waals surface area contributed by atoms with Gasteiger partial charge in [-0.05, 0) is 62.8 Å². The van der Waals surface area contributed by atoms with E-state index in [4.69, 9.17) is 4.74 Å². The smallest absolute Gasteiger partial charge is 0.0723 e. The van der Waals surface area contributed by atoms with E-state index in [0.717, 1.165) is 19.1 Å². The predicted octanol–water partition coefficient (Wildman–Crippen LogP) is 2.55. The highest BCUT2D eigenvalue weighted by molar-refractivity contribution is 5.10. The lowest BCUT2D eigenvalue weighted by molar-refractivity contribution is -0.0444. The number of likely N-dealkylation sites (N-methyl/N-ethyl adjacent to an activating group) is 1. The molecular weight excluding hydrogens is 286 g/mol. The van der Waals surface area contributed by atoms with Crippen molar-refractivity contribution in [3.05, 3.63) is 30.1 Å². The van der Waals surface area contributed by atoms with Crippen molar-refractivity contribution in [2.75, 3.05) is 33.3 Å². The monoisotopic (exact) mass is 315 g/mol. The van der Waals surface area contributed by atoms with Crippen molar-refractivity contribution in [1.82, 2.24) is 14.8 Å². The van der Waals surface area contributed by atoms with Crippen LogP contribution in [0.5, 0.6) is 0 Å². The second kappa shape index (κ2) is 6.50. The summed E-state index contributed by atoms with van der Waals surface area (Å²) in [7, 11) is 2.23. The normalized spacial score (nSPS) is 27.8. The highest BCUT2D eigenvalue weighted by atomic mass is 16.5. The molecule has 1 aromatic rings. The van der Waals surface area contributed by atoms with Crippen molar-refractivity contribution in [3.8, 4) is 0 Å². The van der Waals surface area contributed by atoms with E-state index in [9.17, 15) is 0 Å². The quantitative estimate of drug-likeness (QED) is 0.835. The zero-order valence-electron chi connectivity index (χ0n) is 14.3. The third-order valence-electron chi connectivity index (χ3n) is 5.97. The van der Waals surface area contributed by atoms with Gasteiger partial charge in [0, 0.05) is 44.6 Å². The van der Waals surface area contributed by atoms with E-state index in [1.165, 1.54) is 57.3 Å². The predicted molar refractivity (Wildman–Crippen MR) is 91.2 cm³/mol. The summed E-state index contributed by atoms with van der Waals surface area (Å²) in [5.41, 5.74) is 1.50. The average Bonchev–Trinajstić information content (AvgIpc) is 3.30. The Labute approximate surface area is 139 Å². The SMILES string of the molecule is CN(Cc1ccncc1)C1COC2(CCN(CC3CC3)CC2)C1. The molecule has 0 radical (unpaired) electrons. The summed E-state index contributed by atoms with van der Waals surface area (Å²) in [5.74, 6) is 1.01. The van der Waals surface area contributed by atoms with Crippen LogP contribution in [0, 0.1) is 5.92 Å². The molecular formula is C19H29N3O. The standard InChI is InChI=1S/C19H29N3O/c1-21(13-17-4-8-20-9-5-17)18-12-19(23-15-18)6-10-22(11-7-19)14-16-2-3-16/h4-5,8-9,16,18H,2-3,6-7,10-15H2,1H3. The Bertz CT molecular complexity index is 509. The maximum atomic E-state index is 6.34. The van der Waals surface area contributed by atoms with Gasteiger partial charge in [-0.3, -0.25) is 9.88 Å². The second-order valence-electron chi connectivity index (χ2n) is 7.87. The third kappa shape index (κ3) is 3.76. The minimum absolute atomic E-state index is 0.164. The van der Waals surface area contributed by atoms with Crippen LogP contribution < -0.4 is 0 Å².